The molecule has 0 bridgehead atoms. The van der Waals surface area contributed by atoms with Crippen LogP contribution in [0.1, 0.15) is 29.8 Å². The second kappa shape index (κ2) is 12.2. The van der Waals surface area contributed by atoms with Gasteiger partial charge in [-0.2, -0.15) is 4.31 Å². The summed E-state index contributed by atoms with van der Waals surface area (Å²) in [6.45, 7) is 3.77. The van der Waals surface area contributed by atoms with E-state index in [-0.39, 0.29) is 48.1 Å². The monoisotopic (exact) mass is 572 g/mol. The van der Waals surface area contributed by atoms with Gasteiger partial charge < -0.3 is 20.1 Å². The largest absolute Gasteiger partial charge is 0.488 e. The fourth-order valence-corrected chi connectivity index (χ4v) is 6.73. The maximum atomic E-state index is 13.4. The van der Waals surface area contributed by atoms with Gasteiger partial charge >= 0.3 is 0 Å². The number of aliphatic hydroxyl groups is 1. The topological polar surface area (TPSA) is 129 Å². The molecule has 0 aliphatic carbocycles. The summed E-state index contributed by atoms with van der Waals surface area (Å²) in [5, 5.41) is 14.4. The highest BCUT2D eigenvalue weighted by molar-refractivity contribution is 7.91. The number of fused-ring (bicyclic) bond motifs is 1. The highest BCUT2D eigenvalue weighted by Crippen LogP contribution is 2.30. The van der Waals surface area contributed by atoms with Crippen LogP contribution >= 0.6 is 11.3 Å². The van der Waals surface area contributed by atoms with E-state index in [1.54, 1.807) is 59.7 Å². The number of rotatable bonds is 8. The van der Waals surface area contributed by atoms with Gasteiger partial charge in [-0.3, -0.25) is 14.6 Å². The number of carbonyl (C=O) groups excluding carboxylic acids is 2. The van der Waals surface area contributed by atoms with E-state index in [4.69, 9.17) is 4.74 Å². The van der Waals surface area contributed by atoms with Crippen molar-refractivity contribution in [3.05, 3.63) is 71.4 Å². The minimum Gasteiger partial charge on any atom is -0.488 e. The molecule has 4 rings (SSSR count). The number of aliphatic hydroxyl groups excluding tert-OH is 1. The third-order valence-electron chi connectivity index (χ3n) is 6.71. The molecule has 0 saturated heterocycles. The quantitative estimate of drug-likeness (QED) is 0.425. The van der Waals surface area contributed by atoms with Crippen LogP contribution in [-0.4, -0.2) is 78.4 Å². The zero-order valence-electron chi connectivity index (χ0n) is 22.0. The first-order valence-corrected chi connectivity index (χ1v) is 14.8. The number of anilines is 1. The second-order valence-electron chi connectivity index (χ2n) is 9.62. The molecule has 1 aromatic carbocycles. The van der Waals surface area contributed by atoms with Crippen LogP contribution in [0.25, 0.3) is 0 Å². The molecule has 1 aliphatic rings. The number of ether oxygens (including phenoxy) is 1. The Balaban J connectivity index is 1.65. The normalized spacial score (nSPS) is 18.9. The summed E-state index contributed by atoms with van der Waals surface area (Å²) < 4.78 is 34.1. The van der Waals surface area contributed by atoms with Gasteiger partial charge in [0.25, 0.3) is 15.9 Å². The SMILES string of the molecule is C[C@H]1CN([C@@H](C)CO)C(=O)Cc2cc(NC(=O)c3ccncc3)ccc2O[C@@H]1CN(C)S(=O)(=O)c1cccs1. The van der Waals surface area contributed by atoms with E-state index in [1.807, 2.05) is 6.92 Å². The van der Waals surface area contributed by atoms with Gasteiger partial charge in [0, 0.05) is 48.7 Å². The summed E-state index contributed by atoms with van der Waals surface area (Å²) >= 11 is 1.14. The van der Waals surface area contributed by atoms with Gasteiger partial charge in [0.05, 0.1) is 25.6 Å². The van der Waals surface area contributed by atoms with E-state index in [0.717, 1.165) is 11.3 Å². The molecule has 0 saturated carbocycles. The van der Waals surface area contributed by atoms with Gasteiger partial charge in [-0.05, 0) is 48.7 Å². The highest BCUT2D eigenvalue weighted by atomic mass is 32.2. The molecule has 2 N–H and O–H groups in total. The first-order chi connectivity index (χ1) is 18.6. The molecule has 39 heavy (non-hydrogen) atoms. The summed E-state index contributed by atoms with van der Waals surface area (Å²) in [7, 11) is -2.21. The lowest BCUT2D eigenvalue weighted by atomic mass is 10.0. The lowest BCUT2D eigenvalue weighted by Gasteiger charge is -2.33. The standard InChI is InChI=1S/C27H32N4O6S2/c1-18-15-31(19(2)17-32)25(33)14-21-13-22(29-27(34)20-8-10-28-11-9-20)6-7-23(21)37-24(18)16-30(3)39(35,36)26-5-4-12-38-26/h4-13,18-19,24,32H,14-17H2,1-3H3,(H,29,34)/t18-,19-,24+/m0/s1. The summed E-state index contributed by atoms with van der Waals surface area (Å²) in [5.74, 6) is -0.357. The molecule has 0 fully saturated rings. The van der Waals surface area contributed by atoms with E-state index in [2.05, 4.69) is 10.3 Å². The van der Waals surface area contributed by atoms with Gasteiger partial charge in [0.15, 0.2) is 0 Å². The van der Waals surface area contributed by atoms with Crippen LogP contribution < -0.4 is 10.1 Å². The highest BCUT2D eigenvalue weighted by Gasteiger charge is 2.33. The van der Waals surface area contributed by atoms with E-state index in [9.17, 15) is 23.1 Å². The molecule has 2 aromatic heterocycles. The number of nitrogens with one attached hydrogen (secondary N) is 1. The molecule has 1 aliphatic heterocycles. The van der Waals surface area contributed by atoms with Crippen molar-refractivity contribution < 1.29 is 27.9 Å². The predicted octanol–water partition coefficient (Wildman–Crippen LogP) is 2.87. The zero-order valence-corrected chi connectivity index (χ0v) is 23.6. The molecule has 12 heteroatoms. The maximum Gasteiger partial charge on any atom is 0.255 e. The first-order valence-electron chi connectivity index (χ1n) is 12.5. The fourth-order valence-electron chi connectivity index (χ4n) is 4.35. The number of carbonyl (C=O) groups is 2. The molecule has 3 heterocycles. The Morgan fingerprint density at radius 3 is 2.69 bits per heavy atom. The van der Waals surface area contributed by atoms with Crippen molar-refractivity contribution in [2.24, 2.45) is 5.92 Å². The van der Waals surface area contributed by atoms with Gasteiger partial charge in [0.2, 0.25) is 5.91 Å². The van der Waals surface area contributed by atoms with E-state index < -0.39 is 22.2 Å². The molecule has 3 aromatic rings. The van der Waals surface area contributed by atoms with Crippen LogP contribution in [0, 0.1) is 5.92 Å². The average molecular weight is 573 g/mol. The summed E-state index contributed by atoms with van der Waals surface area (Å²) in [5.41, 5.74) is 1.47. The summed E-state index contributed by atoms with van der Waals surface area (Å²) in [6.07, 6.45) is 2.44. The first kappa shape index (κ1) is 28.7. The van der Waals surface area contributed by atoms with Gasteiger partial charge in [0.1, 0.15) is 16.1 Å². The van der Waals surface area contributed by atoms with E-state index in [1.165, 1.54) is 23.7 Å². The number of sulfonamides is 1. The van der Waals surface area contributed by atoms with Crippen LogP contribution in [0.4, 0.5) is 5.69 Å². The summed E-state index contributed by atoms with van der Waals surface area (Å²) in [6, 6.07) is 11.1. The number of hydrogen-bond donors (Lipinski definition) is 2. The van der Waals surface area contributed by atoms with Crippen LogP contribution in [-0.2, 0) is 21.2 Å². The van der Waals surface area contributed by atoms with Crippen LogP contribution in [0.15, 0.2) is 64.4 Å². The van der Waals surface area contributed by atoms with Crippen molar-refractivity contribution in [1.82, 2.24) is 14.2 Å². The number of nitrogens with zero attached hydrogens (tertiary/aromatic N) is 3. The molecule has 2 amide bonds. The van der Waals surface area contributed by atoms with Crippen molar-refractivity contribution in [3.63, 3.8) is 0 Å². The average Bonchev–Trinajstić information content (AvgIpc) is 3.49. The van der Waals surface area contributed by atoms with Crippen molar-refractivity contribution in [2.75, 3.05) is 32.1 Å². The third-order valence-corrected chi connectivity index (χ3v) is 9.91. The number of likely N-dealkylation sites (N-methyl/N-ethyl adjacent to an activating group) is 1. The minimum absolute atomic E-state index is 0.0125. The molecule has 10 nitrogen and oxygen atoms in total. The van der Waals surface area contributed by atoms with Crippen molar-refractivity contribution in [2.45, 2.75) is 36.6 Å². The number of aromatic nitrogens is 1. The fraction of sp³-hybridized carbons (Fsp3) is 0.370. The molecule has 0 spiro atoms. The Bertz CT molecular complexity index is 1400. The van der Waals surface area contributed by atoms with Crippen LogP contribution in [0.5, 0.6) is 5.75 Å². The second-order valence-corrected chi connectivity index (χ2v) is 12.8. The Kier molecular flexibility index (Phi) is 9.01. The van der Waals surface area contributed by atoms with E-state index >= 15 is 0 Å². The maximum absolute atomic E-state index is 13.4. The summed E-state index contributed by atoms with van der Waals surface area (Å²) in [4.78, 5) is 31.6. The lowest BCUT2D eigenvalue weighted by Crippen LogP contribution is -2.48. The number of thiophene rings is 1. The Morgan fingerprint density at radius 1 is 1.28 bits per heavy atom. The van der Waals surface area contributed by atoms with Crippen molar-refractivity contribution >= 4 is 38.9 Å². The molecular weight excluding hydrogens is 540 g/mol. The lowest BCUT2D eigenvalue weighted by molar-refractivity contribution is -0.134. The number of pyridine rings is 1. The van der Waals surface area contributed by atoms with Gasteiger partial charge in [-0.25, -0.2) is 8.42 Å². The number of amides is 2. The predicted molar refractivity (Wildman–Crippen MR) is 148 cm³/mol. The van der Waals surface area contributed by atoms with Crippen molar-refractivity contribution in [3.8, 4) is 5.75 Å². The smallest absolute Gasteiger partial charge is 0.255 e. The Morgan fingerprint density at radius 2 is 2.03 bits per heavy atom. The Hall–Kier alpha value is -3.32. The van der Waals surface area contributed by atoms with Gasteiger partial charge in [-0.15, -0.1) is 11.3 Å². The molecule has 3 atom stereocenters. The number of benzene rings is 1. The molecule has 0 radical (unpaired) electrons. The van der Waals surface area contributed by atoms with Crippen LogP contribution in [0.2, 0.25) is 0 Å². The zero-order chi connectivity index (χ0) is 28.2. The Labute approximate surface area is 232 Å². The van der Waals surface area contributed by atoms with E-state index in [0.29, 0.717) is 22.6 Å². The van der Waals surface area contributed by atoms with Crippen molar-refractivity contribution in [1.29, 1.82) is 0 Å². The third kappa shape index (κ3) is 6.64. The molecular formula is C27H32N4O6S2. The minimum atomic E-state index is -3.72. The molecule has 208 valence electrons. The van der Waals surface area contributed by atoms with Gasteiger partial charge in [-0.1, -0.05) is 13.0 Å². The molecule has 0 unspecified atom stereocenters. The van der Waals surface area contributed by atoms with Crippen LogP contribution in [0.3, 0.4) is 0 Å². The number of hydrogen-bond acceptors (Lipinski definition) is 8.